The van der Waals surface area contributed by atoms with Crippen molar-refractivity contribution in [1.29, 1.82) is 0 Å². The Bertz CT molecular complexity index is 441. The number of alkyl halides is 1. The first-order valence-corrected chi connectivity index (χ1v) is 6.92. The third-order valence-corrected chi connectivity index (χ3v) is 4.07. The molecule has 0 fully saturated rings. The molecule has 0 amide bonds. The maximum atomic E-state index is 4.37. The minimum atomic E-state index is 0.530. The molecule has 0 aromatic carbocycles. The van der Waals surface area contributed by atoms with Crippen LogP contribution < -0.4 is 0 Å². The lowest BCUT2D eigenvalue weighted by Gasteiger charge is -2.07. The molecular formula is C11H13BrN2S. The molecule has 0 N–H and O–H groups in total. The summed E-state index contributed by atoms with van der Waals surface area (Å²) in [6, 6.07) is 2.05. The second kappa shape index (κ2) is 5.03. The molecule has 1 unspecified atom stereocenters. The van der Waals surface area contributed by atoms with E-state index in [2.05, 4.69) is 38.2 Å². The average Bonchev–Trinajstić information content (AvgIpc) is 2.67. The van der Waals surface area contributed by atoms with E-state index in [1.165, 1.54) is 23.2 Å². The third kappa shape index (κ3) is 2.55. The molecule has 2 rings (SSSR count). The zero-order chi connectivity index (χ0) is 10.7. The van der Waals surface area contributed by atoms with E-state index in [0.717, 1.165) is 11.9 Å². The molecule has 4 heteroatoms. The van der Waals surface area contributed by atoms with Crippen molar-refractivity contribution >= 4 is 37.5 Å². The summed E-state index contributed by atoms with van der Waals surface area (Å²) >= 11 is 5.42. The standard InChI is InChI=1S/C11H13BrN2S/c1-2-3-8(12)6-10-11-9(4-5-15-11)13-7-14-10/h4-5,7-8H,2-3,6H2,1H3. The molecule has 2 aromatic rings. The van der Waals surface area contributed by atoms with E-state index in [0.29, 0.717) is 4.83 Å². The van der Waals surface area contributed by atoms with E-state index in [-0.39, 0.29) is 0 Å². The molecular weight excluding hydrogens is 272 g/mol. The Hall–Kier alpha value is -0.480. The molecule has 0 spiro atoms. The Kier molecular flexibility index (Phi) is 3.70. The second-order valence-corrected chi connectivity index (χ2v) is 5.76. The lowest BCUT2D eigenvalue weighted by molar-refractivity contribution is 0.737. The van der Waals surface area contributed by atoms with Crippen molar-refractivity contribution < 1.29 is 0 Å². The Morgan fingerprint density at radius 2 is 2.33 bits per heavy atom. The van der Waals surface area contributed by atoms with Gasteiger partial charge in [0.1, 0.15) is 6.33 Å². The van der Waals surface area contributed by atoms with Crippen LogP contribution in [0.3, 0.4) is 0 Å². The maximum absolute atomic E-state index is 4.37. The van der Waals surface area contributed by atoms with Crippen LogP contribution in [0.1, 0.15) is 25.5 Å². The van der Waals surface area contributed by atoms with E-state index >= 15 is 0 Å². The Labute approximate surface area is 102 Å². The number of nitrogens with zero attached hydrogens (tertiary/aromatic N) is 2. The molecule has 0 bridgehead atoms. The molecule has 0 saturated heterocycles. The van der Waals surface area contributed by atoms with Crippen LogP contribution in [-0.2, 0) is 6.42 Å². The second-order valence-electron chi connectivity index (χ2n) is 3.55. The zero-order valence-electron chi connectivity index (χ0n) is 8.61. The summed E-state index contributed by atoms with van der Waals surface area (Å²) in [5.41, 5.74) is 2.24. The molecule has 0 aliphatic heterocycles. The molecule has 2 nitrogen and oxygen atoms in total. The van der Waals surface area contributed by atoms with Gasteiger partial charge >= 0.3 is 0 Å². The minimum Gasteiger partial charge on any atom is -0.240 e. The number of thiophene rings is 1. The highest BCUT2D eigenvalue weighted by atomic mass is 79.9. The highest BCUT2D eigenvalue weighted by Crippen LogP contribution is 2.24. The van der Waals surface area contributed by atoms with Crippen LogP contribution in [0.15, 0.2) is 17.8 Å². The fourth-order valence-corrected chi connectivity index (χ4v) is 3.22. The maximum Gasteiger partial charge on any atom is 0.116 e. The lowest BCUT2D eigenvalue weighted by atomic mass is 10.1. The van der Waals surface area contributed by atoms with E-state index < -0.39 is 0 Å². The SMILES string of the molecule is CCCC(Br)Cc1ncnc2ccsc12. The predicted molar refractivity (Wildman–Crippen MR) is 68.7 cm³/mol. The van der Waals surface area contributed by atoms with Gasteiger partial charge in [-0.2, -0.15) is 0 Å². The molecule has 0 aliphatic rings. The highest BCUT2D eigenvalue weighted by molar-refractivity contribution is 9.09. The summed E-state index contributed by atoms with van der Waals surface area (Å²) in [6.45, 7) is 2.20. The molecule has 0 saturated carbocycles. The predicted octanol–water partition coefficient (Wildman–Crippen LogP) is 3.80. The number of fused-ring (bicyclic) bond motifs is 1. The van der Waals surface area contributed by atoms with Crippen LogP contribution in [0.25, 0.3) is 10.2 Å². The van der Waals surface area contributed by atoms with Crippen LogP contribution in [0, 0.1) is 0 Å². The number of hydrogen-bond acceptors (Lipinski definition) is 3. The van der Waals surface area contributed by atoms with Gasteiger partial charge in [-0.15, -0.1) is 11.3 Å². The van der Waals surface area contributed by atoms with Crippen LogP contribution in [0.4, 0.5) is 0 Å². The van der Waals surface area contributed by atoms with E-state index in [9.17, 15) is 0 Å². The number of hydrogen-bond donors (Lipinski definition) is 0. The van der Waals surface area contributed by atoms with Crippen LogP contribution in [0.2, 0.25) is 0 Å². The van der Waals surface area contributed by atoms with Crippen molar-refractivity contribution in [3.05, 3.63) is 23.5 Å². The summed E-state index contributed by atoms with van der Waals surface area (Å²) in [5.74, 6) is 0. The molecule has 0 aliphatic carbocycles. The lowest BCUT2D eigenvalue weighted by Crippen LogP contribution is -2.04. The summed E-state index contributed by atoms with van der Waals surface area (Å²) in [4.78, 5) is 9.14. The van der Waals surface area contributed by atoms with Gasteiger partial charge in [-0.25, -0.2) is 9.97 Å². The van der Waals surface area contributed by atoms with Gasteiger partial charge in [-0.3, -0.25) is 0 Å². The topological polar surface area (TPSA) is 25.8 Å². The van der Waals surface area contributed by atoms with Gasteiger partial charge in [0.15, 0.2) is 0 Å². The highest BCUT2D eigenvalue weighted by Gasteiger charge is 2.09. The quantitative estimate of drug-likeness (QED) is 0.799. The van der Waals surface area contributed by atoms with E-state index in [4.69, 9.17) is 0 Å². The van der Waals surface area contributed by atoms with Crippen molar-refractivity contribution in [3.8, 4) is 0 Å². The molecule has 1 atom stereocenters. The fourth-order valence-electron chi connectivity index (χ4n) is 1.61. The first-order valence-electron chi connectivity index (χ1n) is 5.12. The van der Waals surface area contributed by atoms with Gasteiger partial charge in [0, 0.05) is 11.2 Å². The largest absolute Gasteiger partial charge is 0.240 e. The number of rotatable bonds is 4. The molecule has 0 radical (unpaired) electrons. The van der Waals surface area contributed by atoms with Crippen LogP contribution in [-0.4, -0.2) is 14.8 Å². The summed E-state index contributed by atoms with van der Waals surface area (Å²) in [5, 5.41) is 2.08. The average molecular weight is 285 g/mol. The molecule has 15 heavy (non-hydrogen) atoms. The fraction of sp³-hybridized carbons (Fsp3) is 0.455. The van der Waals surface area contributed by atoms with Crippen molar-refractivity contribution in [2.24, 2.45) is 0 Å². The monoisotopic (exact) mass is 284 g/mol. The van der Waals surface area contributed by atoms with Gasteiger partial charge < -0.3 is 0 Å². The van der Waals surface area contributed by atoms with Crippen molar-refractivity contribution in [1.82, 2.24) is 9.97 Å². The van der Waals surface area contributed by atoms with Crippen molar-refractivity contribution in [2.75, 3.05) is 0 Å². The normalized spacial score (nSPS) is 13.2. The number of halogens is 1. The van der Waals surface area contributed by atoms with E-state index in [1.807, 2.05) is 6.07 Å². The van der Waals surface area contributed by atoms with Gasteiger partial charge in [0.25, 0.3) is 0 Å². The van der Waals surface area contributed by atoms with Gasteiger partial charge in [0.2, 0.25) is 0 Å². The Morgan fingerprint density at radius 1 is 1.47 bits per heavy atom. The Balaban J connectivity index is 2.23. The number of aromatic nitrogens is 2. The van der Waals surface area contributed by atoms with E-state index in [1.54, 1.807) is 17.7 Å². The van der Waals surface area contributed by atoms with Crippen molar-refractivity contribution in [2.45, 2.75) is 31.0 Å². The van der Waals surface area contributed by atoms with Gasteiger partial charge in [-0.1, -0.05) is 29.3 Å². The van der Waals surface area contributed by atoms with Gasteiger partial charge in [-0.05, 0) is 17.9 Å². The smallest absolute Gasteiger partial charge is 0.116 e. The van der Waals surface area contributed by atoms with Crippen LogP contribution in [0.5, 0.6) is 0 Å². The summed E-state index contributed by atoms with van der Waals surface area (Å²) < 4.78 is 1.23. The Morgan fingerprint density at radius 3 is 3.13 bits per heavy atom. The molecule has 2 heterocycles. The molecule has 80 valence electrons. The van der Waals surface area contributed by atoms with Crippen molar-refractivity contribution in [3.63, 3.8) is 0 Å². The third-order valence-electron chi connectivity index (χ3n) is 2.33. The van der Waals surface area contributed by atoms with Crippen LogP contribution >= 0.6 is 27.3 Å². The van der Waals surface area contributed by atoms with Gasteiger partial charge in [0.05, 0.1) is 15.9 Å². The zero-order valence-corrected chi connectivity index (χ0v) is 11.0. The minimum absolute atomic E-state index is 0.530. The molecule has 2 aromatic heterocycles. The summed E-state index contributed by atoms with van der Waals surface area (Å²) in [7, 11) is 0. The first-order chi connectivity index (χ1) is 7.31. The summed E-state index contributed by atoms with van der Waals surface area (Å²) in [6.07, 6.45) is 5.05. The first kappa shape index (κ1) is 11.0.